The van der Waals surface area contributed by atoms with E-state index in [0.29, 0.717) is 23.6 Å². The van der Waals surface area contributed by atoms with Gasteiger partial charge in [-0.05, 0) is 35.7 Å². The lowest BCUT2D eigenvalue weighted by Gasteiger charge is -2.20. The van der Waals surface area contributed by atoms with Gasteiger partial charge in [0.25, 0.3) is 0 Å². The van der Waals surface area contributed by atoms with Crippen molar-refractivity contribution in [1.29, 1.82) is 0 Å². The molecule has 2 aromatic carbocycles. The average molecular weight is 386 g/mol. The molecule has 1 amide bonds. The number of nitrogen functional groups attached to an aromatic ring is 1. The Morgan fingerprint density at radius 3 is 2.39 bits per heavy atom. The smallest absolute Gasteiger partial charge is 0.307 e. The topological polar surface area (TPSA) is 99.9 Å². The van der Waals surface area contributed by atoms with Crippen LogP contribution in [0, 0.1) is 0 Å². The number of carbonyl (C=O) groups is 2. The van der Waals surface area contributed by atoms with Crippen LogP contribution in [0.15, 0.2) is 42.5 Å². The maximum absolute atomic E-state index is 12.5. The van der Waals surface area contributed by atoms with E-state index in [-0.39, 0.29) is 18.7 Å². The first-order valence-corrected chi connectivity index (χ1v) is 8.90. The summed E-state index contributed by atoms with van der Waals surface area (Å²) in [6.07, 6.45) is 0.764. The summed E-state index contributed by atoms with van der Waals surface area (Å²) in [5, 5.41) is 2.90. The molecule has 0 bridgehead atoms. The van der Waals surface area contributed by atoms with Crippen LogP contribution >= 0.6 is 0 Å². The van der Waals surface area contributed by atoms with Crippen LogP contribution in [0.25, 0.3) is 0 Å². The third kappa shape index (κ3) is 5.64. The number of amides is 1. The Kier molecular flexibility index (Phi) is 7.68. The SMILES string of the molecule is COC(=O)CC(NC(=O)CCc1ccccc1N)c1ccc(OC)c(OC)c1. The van der Waals surface area contributed by atoms with Gasteiger partial charge in [-0.1, -0.05) is 24.3 Å². The van der Waals surface area contributed by atoms with Crippen molar-refractivity contribution >= 4 is 17.6 Å². The summed E-state index contributed by atoms with van der Waals surface area (Å²) in [6, 6.07) is 12.1. The normalized spacial score (nSPS) is 11.4. The fourth-order valence-corrected chi connectivity index (χ4v) is 2.85. The number of aryl methyl sites for hydroxylation is 1. The third-order valence-corrected chi connectivity index (χ3v) is 4.42. The van der Waals surface area contributed by atoms with Gasteiger partial charge in [-0.3, -0.25) is 9.59 Å². The summed E-state index contributed by atoms with van der Waals surface area (Å²) in [7, 11) is 4.38. The molecule has 28 heavy (non-hydrogen) atoms. The van der Waals surface area contributed by atoms with Crippen LogP contribution in [0.1, 0.15) is 30.0 Å². The van der Waals surface area contributed by atoms with E-state index < -0.39 is 12.0 Å². The summed E-state index contributed by atoms with van der Waals surface area (Å²) in [5.74, 6) is 0.467. The molecule has 0 aromatic heterocycles. The van der Waals surface area contributed by atoms with Gasteiger partial charge in [0.05, 0.1) is 33.8 Å². The highest BCUT2D eigenvalue weighted by molar-refractivity contribution is 5.78. The van der Waals surface area contributed by atoms with E-state index in [4.69, 9.17) is 19.9 Å². The molecule has 7 heteroatoms. The highest BCUT2D eigenvalue weighted by Crippen LogP contribution is 2.31. The number of hydrogen-bond acceptors (Lipinski definition) is 6. The first-order chi connectivity index (χ1) is 13.5. The summed E-state index contributed by atoms with van der Waals surface area (Å²) in [4.78, 5) is 24.3. The van der Waals surface area contributed by atoms with Crippen LogP contribution in [0.2, 0.25) is 0 Å². The number of hydrogen-bond donors (Lipinski definition) is 2. The van der Waals surface area contributed by atoms with Crippen LogP contribution < -0.4 is 20.5 Å². The predicted molar refractivity (Wildman–Crippen MR) is 106 cm³/mol. The number of methoxy groups -OCH3 is 3. The zero-order chi connectivity index (χ0) is 20.5. The molecule has 7 nitrogen and oxygen atoms in total. The van der Waals surface area contributed by atoms with Crippen molar-refractivity contribution in [3.8, 4) is 11.5 Å². The molecule has 0 fully saturated rings. The van der Waals surface area contributed by atoms with Gasteiger partial charge in [0.2, 0.25) is 5.91 Å². The monoisotopic (exact) mass is 386 g/mol. The van der Waals surface area contributed by atoms with E-state index in [1.807, 2.05) is 18.2 Å². The lowest BCUT2D eigenvalue weighted by atomic mass is 10.0. The number of para-hydroxylation sites is 1. The van der Waals surface area contributed by atoms with Gasteiger partial charge in [0.15, 0.2) is 11.5 Å². The van der Waals surface area contributed by atoms with Crippen molar-refractivity contribution in [2.45, 2.75) is 25.3 Å². The summed E-state index contributed by atoms with van der Waals surface area (Å²) >= 11 is 0. The minimum absolute atomic E-state index is 0.00516. The molecule has 0 spiro atoms. The van der Waals surface area contributed by atoms with Crippen molar-refractivity contribution in [1.82, 2.24) is 5.32 Å². The zero-order valence-corrected chi connectivity index (χ0v) is 16.4. The number of nitrogens with one attached hydrogen (secondary N) is 1. The Hall–Kier alpha value is -3.22. The van der Waals surface area contributed by atoms with Crippen molar-refractivity contribution < 1.29 is 23.8 Å². The van der Waals surface area contributed by atoms with Crippen LogP contribution in [0.4, 0.5) is 5.69 Å². The van der Waals surface area contributed by atoms with Gasteiger partial charge in [-0.2, -0.15) is 0 Å². The minimum atomic E-state index is -0.548. The molecule has 0 saturated heterocycles. The Bertz CT molecular complexity index is 822. The first kappa shape index (κ1) is 21.1. The van der Waals surface area contributed by atoms with Crippen molar-refractivity contribution in [2.24, 2.45) is 0 Å². The fraction of sp³-hybridized carbons (Fsp3) is 0.333. The highest BCUT2D eigenvalue weighted by Gasteiger charge is 2.20. The van der Waals surface area contributed by atoms with Crippen molar-refractivity contribution in [3.63, 3.8) is 0 Å². The molecule has 2 rings (SSSR count). The summed E-state index contributed by atoms with van der Waals surface area (Å²) in [6.45, 7) is 0. The number of esters is 1. The van der Waals surface area contributed by atoms with Crippen LogP contribution in [-0.4, -0.2) is 33.2 Å². The lowest BCUT2D eigenvalue weighted by molar-refractivity contribution is -0.141. The number of nitrogens with two attached hydrogens (primary N) is 1. The van der Waals surface area contributed by atoms with Gasteiger partial charge in [-0.15, -0.1) is 0 Å². The molecule has 0 aliphatic rings. The quantitative estimate of drug-likeness (QED) is 0.508. The second-order valence-corrected chi connectivity index (χ2v) is 6.21. The molecule has 150 valence electrons. The van der Waals surface area contributed by atoms with Crippen molar-refractivity contribution in [3.05, 3.63) is 53.6 Å². The van der Waals surface area contributed by atoms with E-state index in [2.05, 4.69) is 5.32 Å². The van der Waals surface area contributed by atoms with Crippen LogP contribution in [0.3, 0.4) is 0 Å². The molecule has 1 atom stereocenters. The number of carbonyl (C=O) groups excluding carboxylic acids is 2. The summed E-state index contributed by atoms with van der Waals surface area (Å²) < 4.78 is 15.3. The molecule has 2 aromatic rings. The molecule has 3 N–H and O–H groups in total. The van der Waals surface area contributed by atoms with E-state index in [9.17, 15) is 9.59 Å². The molecule has 0 saturated carbocycles. The average Bonchev–Trinajstić information content (AvgIpc) is 2.71. The Balaban J connectivity index is 2.13. The van der Waals surface area contributed by atoms with Gasteiger partial charge < -0.3 is 25.3 Å². The second kappa shape index (κ2) is 10.2. The van der Waals surface area contributed by atoms with Gasteiger partial charge in [0, 0.05) is 12.1 Å². The second-order valence-electron chi connectivity index (χ2n) is 6.21. The van der Waals surface area contributed by atoms with E-state index in [0.717, 1.165) is 11.1 Å². The van der Waals surface area contributed by atoms with E-state index in [1.165, 1.54) is 14.2 Å². The third-order valence-electron chi connectivity index (χ3n) is 4.42. The lowest BCUT2D eigenvalue weighted by Crippen LogP contribution is -2.30. The summed E-state index contributed by atoms with van der Waals surface area (Å²) in [5.41, 5.74) is 8.21. The maximum Gasteiger partial charge on any atom is 0.307 e. The minimum Gasteiger partial charge on any atom is -0.493 e. The molecular weight excluding hydrogens is 360 g/mol. The van der Waals surface area contributed by atoms with Gasteiger partial charge in [0.1, 0.15) is 0 Å². The Labute approximate surface area is 164 Å². The molecule has 1 unspecified atom stereocenters. The van der Waals surface area contributed by atoms with E-state index in [1.54, 1.807) is 31.4 Å². The number of ether oxygens (including phenoxy) is 3. The van der Waals surface area contributed by atoms with Crippen LogP contribution in [0.5, 0.6) is 11.5 Å². The molecule has 0 heterocycles. The predicted octanol–water partition coefficient (Wildman–Crippen LogP) is 2.64. The maximum atomic E-state index is 12.5. The standard InChI is InChI=1S/C21H26N2O5/c1-26-18-10-8-15(12-19(18)27-2)17(13-21(25)28-3)23-20(24)11-9-14-6-4-5-7-16(14)22/h4-8,10,12,17H,9,11,13,22H2,1-3H3,(H,23,24). The molecule has 0 radical (unpaired) electrons. The Morgan fingerprint density at radius 1 is 1.04 bits per heavy atom. The first-order valence-electron chi connectivity index (χ1n) is 8.90. The molecular formula is C21H26N2O5. The molecule has 0 aliphatic heterocycles. The Morgan fingerprint density at radius 2 is 1.75 bits per heavy atom. The molecule has 0 aliphatic carbocycles. The van der Waals surface area contributed by atoms with Crippen molar-refractivity contribution in [2.75, 3.05) is 27.1 Å². The van der Waals surface area contributed by atoms with Crippen LogP contribution in [-0.2, 0) is 20.7 Å². The van der Waals surface area contributed by atoms with Gasteiger partial charge >= 0.3 is 5.97 Å². The number of rotatable bonds is 9. The largest absolute Gasteiger partial charge is 0.493 e. The zero-order valence-electron chi connectivity index (χ0n) is 16.4. The van der Waals surface area contributed by atoms with Gasteiger partial charge in [-0.25, -0.2) is 0 Å². The fourth-order valence-electron chi connectivity index (χ4n) is 2.85. The highest BCUT2D eigenvalue weighted by atomic mass is 16.5. The van der Waals surface area contributed by atoms with E-state index >= 15 is 0 Å². The number of anilines is 1. The number of benzene rings is 2.